The monoisotopic (exact) mass is 204 g/mol. The van der Waals surface area contributed by atoms with Gasteiger partial charge in [0.05, 0.1) is 0 Å². The van der Waals surface area contributed by atoms with E-state index in [0.29, 0.717) is 5.69 Å². The zero-order chi connectivity index (χ0) is 10.9. The second-order valence-corrected chi connectivity index (χ2v) is 4.64. The van der Waals surface area contributed by atoms with E-state index in [0.717, 1.165) is 30.6 Å². The Labute approximate surface area is 89.9 Å². The van der Waals surface area contributed by atoms with E-state index in [9.17, 15) is 4.79 Å². The molecule has 1 aromatic rings. The van der Waals surface area contributed by atoms with E-state index in [1.165, 1.54) is 12.8 Å². The second kappa shape index (κ2) is 3.72. The molecule has 0 unspecified atom stereocenters. The van der Waals surface area contributed by atoms with Gasteiger partial charge in [0.25, 0.3) is 0 Å². The van der Waals surface area contributed by atoms with E-state index in [1.807, 2.05) is 6.92 Å². The summed E-state index contributed by atoms with van der Waals surface area (Å²) in [6.45, 7) is 4.11. The Balaban J connectivity index is 2.42. The van der Waals surface area contributed by atoms with Crippen LogP contribution >= 0.6 is 0 Å². The molecule has 15 heavy (non-hydrogen) atoms. The molecule has 0 radical (unpaired) electrons. The molecule has 0 aromatic carbocycles. The van der Waals surface area contributed by atoms with Gasteiger partial charge in [-0.1, -0.05) is 19.8 Å². The number of carbonyl (C=O) groups excluding carboxylic acids is 1. The summed E-state index contributed by atoms with van der Waals surface area (Å²) < 4.78 is 0. The van der Waals surface area contributed by atoms with E-state index in [-0.39, 0.29) is 5.41 Å². The molecule has 0 spiro atoms. The lowest BCUT2D eigenvalue weighted by Crippen LogP contribution is -2.21. The molecule has 1 fully saturated rings. The average Bonchev–Trinajstić information content (AvgIpc) is 2.65. The normalized spacial score (nSPS) is 19.1. The van der Waals surface area contributed by atoms with Gasteiger partial charge in [0.1, 0.15) is 11.5 Å². The maximum Gasteiger partial charge on any atom is 0.168 e. The van der Waals surface area contributed by atoms with Gasteiger partial charge in [-0.15, -0.1) is 0 Å². The highest BCUT2D eigenvalue weighted by molar-refractivity contribution is 5.71. The topological polar surface area (TPSA) is 42.9 Å². The van der Waals surface area contributed by atoms with E-state index < -0.39 is 0 Å². The predicted molar refractivity (Wildman–Crippen MR) is 58.0 cm³/mol. The largest absolute Gasteiger partial charge is 0.296 e. The molecule has 1 aliphatic carbocycles. The van der Waals surface area contributed by atoms with Crippen LogP contribution < -0.4 is 0 Å². The van der Waals surface area contributed by atoms with Gasteiger partial charge in [-0.3, -0.25) is 4.79 Å². The average molecular weight is 204 g/mol. The summed E-state index contributed by atoms with van der Waals surface area (Å²) >= 11 is 0. The summed E-state index contributed by atoms with van der Waals surface area (Å²) in [5.74, 6) is 0.849. The molecule has 0 atom stereocenters. The molecule has 0 N–H and O–H groups in total. The van der Waals surface area contributed by atoms with Crippen molar-refractivity contribution in [2.75, 3.05) is 0 Å². The second-order valence-electron chi connectivity index (χ2n) is 4.64. The third-order valence-corrected chi connectivity index (χ3v) is 3.24. The molecular weight excluding hydrogens is 188 g/mol. The SMILES string of the molecule is Cc1cc(C=O)nc(C2(C)CCCC2)n1. The Morgan fingerprint density at radius 3 is 2.60 bits per heavy atom. The highest BCUT2D eigenvalue weighted by Gasteiger charge is 2.33. The zero-order valence-corrected chi connectivity index (χ0v) is 9.29. The molecule has 1 aromatic heterocycles. The van der Waals surface area contributed by atoms with Crippen LogP contribution in [0.1, 0.15) is 54.6 Å². The number of aryl methyl sites for hydroxylation is 1. The van der Waals surface area contributed by atoms with Gasteiger partial charge in [0.2, 0.25) is 0 Å². The van der Waals surface area contributed by atoms with E-state index >= 15 is 0 Å². The molecule has 0 aliphatic heterocycles. The summed E-state index contributed by atoms with van der Waals surface area (Å²) in [5, 5.41) is 0. The Morgan fingerprint density at radius 1 is 1.33 bits per heavy atom. The van der Waals surface area contributed by atoms with Crippen molar-refractivity contribution in [3.8, 4) is 0 Å². The minimum absolute atomic E-state index is 0.0871. The van der Waals surface area contributed by atoms with Gasteiger partial charge in [0, 0.05) is 11.1 Å². The third-order valence-electron chi connectivity index (χ3n) is 3.24. The predicted octanol–water partition coefficient (Wildman–Crippen LogP) is 2.43. The van der Waals surface area contributed by atoms with Gasteiger partial charge < -0.3 is 0 Å². The van der Waals surface area contributed by atoms with Gasteiger partial charge in [0.15, 0.2) is 6.29 Å². The zero-order valence-electron chi connectivity index (χ0n) is 9.29. The number of hydrogen-bond acceptors (Lipinski definition) is 3. The van der Waals surface area contributed by atoms with Gasteiger partial charge in [-0.2, -0.15) is 0 Å². The minimum Gasteiger partial charge on any atom is -0.296 e. The van der Waals surface area contributed by atoms with Crippen molar-refractivity contribution in [1.82, 2.24) is 9.97 Å². The molecule has 3 heteroatoms. The van der Waals surface area contributed by atoms with Crippen molar-refractivity contribution in [2.24, 2.45) is 0 Å². The lowest BCUT2D eigenvalue weighted by Gasteiger charge is -2.21. The third kappa shape index (κ3) is 1.91. The molecule has 0 bridgehead atoms. The molecule has 3 nitrogen and oxygen atoms in total. The molecule has 0 amide bonds. The molecule has 1 saturated carbocycles. The number of hydrogen-bond donors (Lipinski definition) is 0. The van der Waals surface area contributed by atoms with Crippen LogP contribution in [0.3, 0.4) is 0 Å². The number of nitrogens with zero attached hydrogens (tertiary/aromatic N) is 2. The summed E-state index contributed by atoms with van der Waals surface area (Å²) in [6, 6.07) is 1.73. The molecular formula is C12H16N2O. The van der Waals surface area contributed by atoms with Crippen molar-refractivity contribution in [3.63, 3.8) is 0 Å². The first-order valence-electron chi connectivity index (χ1n) is 5.45. The van der Waals surface area contributed by atoms with Gasteiger partial charge >= 0.3 is 0 Å². The molecule has 2 rings (SSSR count). The minimum atomic E-state index is 0.0871. The molecule has 1 aliphatic rings. The van der Waals surface area contributed by atoms with Crippen molar-refractivity contribution in [2.45, 2.75) is 44.9 Å². The fourth-order valence-electron chi connectivity index (χ4n) is 2.30. The number of rotatable bonds is 2. The maximum atomic E-state index is 10.7. The van der Waals surface area contributed by atoms with Crippen LogP contribution in [0.4, 0.5) is 0 Å². The standard InChI is InChI=1S/C12H16N2O/c1-9-7-10(8-15)14-11(13-9)12(2)5-3-4-6-12/h7-8H,3-6H2,1-2H3. The fraction of sp³-hybridized carbons (Fsp3) is 0.583. The smallest absolute Gasteiger partial charge is 0.168 e. The van der Waals surface area contributed by atoms with Crippen molar-refractivity contribution >= 4 is 6.29 Å². The van der Waals surface area contributed by atoms with Crippen molar-refractivity contribution in [3.05, 3.63) is 23.3 Å². The van der Waals surface area contributed by atoms with Crippen LogP contribution in [0.5, 0.6) is 0 Å². The quantitative estimate of drug-likeness (QED) is 0.695. The van der Waals surface area contributed by atoms with Crippen LogP contribution in [0, 0.1) is 6.92 Å². The highest BCUT2D eigenvalue weighted by Crippen LogP contribution is 2.38. The Hall–Kier alpha value is -1.25. The van der Waals surface area contributed by atoms with Crippen LogP contribution in [0.2, 0.25) is 0 Å². The Kier molecular flexibility index (Phi) is 2.55. The maximum absolute atomic E-state index is 10.7. The number of aromatic nitrogens is 2. The number of aldehydes is 1. The molecule has 1 heterocycles. The van der Waals surface area contributed by atoms with E-state index in [4.69, 9.17) is 0 Å². The first-order chi connectivity index (χ1) is 7.14. The van der Waals surface area contributed by atoms with Crippen LogP contribution in [0.25, 0.3) is 0 Å². The lowest BCUT2D eigenvalue weighted by molar-refractivity contribution is 0.111. The molecule has 80 valence electrons. The first-order valence-corrected chi connectivity index (χ1v) is 5.45. The summed E-state index contributed by atoms with van der Waals surface area (Å²) in [6.07, 6.45) is 5.55. The van der Waals surface area contributed by atoms with Crippen molar-refractivity contribution < 1.29 is 4.79 Å². The molecule has 0 saturated heterocycles. The van der Waals surface area contributed by atoms with E-state index in [2.05, 4.69) is 16.9 Å². The summed E-state index contributed by atoms with van der Waals surface area (Å²) in [5.41, 5.74) is 1.48. The first kappa shape index (κ1) is 10.3. The van der Waals surface area contributed by atoms with Crippen LogP contribution in [0.15, 0.2) is 6.07 Å². The fourth-order valence-corrected chi connectivity index (χ4v) is 2.30. The Morgan fingerprint density at radius 2 is 2.00 bits per heavy atom. The highest BCUT2D eigenvalue weighted by atomic mass is 16.1. The van der Waals surface area contributed by atoms with Crippen LogP contribution in [-0.4, -0.2) is 16.3 Å². The lowest BCUT2D eigenvalue weighted by atomic mass is 9.88. The van der Waals surface area contributed by atoms with Crippen LogP contribution in [-0.2, 0) is 5.41 Å². The van der Waals surface area contributed by atoms with Gasteiger partial charge in [-0.25, -0.2) is 9.97 Å². The summed E-state index contributed by atoms with van der Waals surface area (Å²) in [4.78, 5) is 19.5. The Bertz CT molecular complexity index is 381. The number of carbonyl (C=O) groups is 1. The van der Waals surface area contributed by atoms with Crippen molar-refractivity contribution in [1.29, 1.82) is 0 Å². The van der Waals surface area contributed by atoms with Gasteiger partial charge in [-0.05, 0) is 25.8 Å². The summed E-state index contributed by atoms with van der Waals surface area (Å²) in [7, 11) is 0. The van der Waals surface area contributed by atoms with E-state index in [1.54, 1.807) is 6.07 Å².